The molecule has 2 N–H and O–H groups in total. The Morgan fingerprint density at radius 3 is 2.67 bits per heavy atom. The van der Waals surface area contributed by atoms with Gasteiger partial charge in [-0.25, -0.2) is 0 Å². The molecule has 0 aliphatic rings. The van der Waals surface area contributed by atoms with Gasteiger partial charge in [-0.1, -0.05) is 18.2 Å². The maximum atomic E-state index is 5.66. The maximum absolute atomic E-state index is 5.66. The van der Waals surface area contributed by atoms with Crippen molar-refractivity contribution in [2.45, 2.75) is 20.0 Å². The fourth-order valence-electron chi connectivity index (χ4n) is 1.94. The Kier molecular flexibility index (Phi) is 3.95. The second-order valence-corrected chi connectivity index (χ2v) is 4.50. The summed E-state index contributed by atoms with van der Waals surface area (Å²) in [5, 5.41) is 0. The van der Waals surface area contributed by atoms with Crippen LogP contribution in [0.25, 0.3) is 0 Å². The summed E-state index contributed by atoms with van der Waals surface area (Å²) in [5.74, 6) is 0. The van der Waals surface area contributed by atoms with E-state index in [9.17, 15) is 0 Å². The van der Waals surface area contributed by atoms with E-state index >= 15 is 0 Å². The third-order valence-corrected chi connectivity index (χ3v) is 2.93. The van der Waals surface area contributed by atoms with Gasteiger partial charge in [0.2, 0.25) is 0 Å². The molecule has 2 aromatic rings. The van der Waals surface area contributed by atoms with E-state index in [1.54, 1.807) is 0 Å². The molecule has 1 aromatic heterocycles. The summed E-state index contributed by atoms with van der Waals surface area (Å²) < 4.78 is 0. The Bertz CT molecular complexity index is 523. The van der Waals surface area contributed by atoms with Gasteiger partial charge in [0.05, 0.1) is 12.2 Å². The fourth-order valence-corrected chi connectivity index (χ4v) is 1.94. The van der Waals surface area contributed by atoms with Crippen molar-refractivity contribution in [1.29, 1.82) is 0 Å². The first-order chi connectivity index (χ1) is 8.69. The molecule has 0 unspecified atom stereocenters. The highest BCUT2D eigenvalue weighted by Crippen LogP contribution is 2.16. The minimum Gasteiger partial charge on any atom is -0.369 e. The van der Waals surface area contributed by atoms with E-state index in [1.807, 2.05) is 31.2 Å². The molecule has 0 atom stereocenters. The number of aromatic nitrogens is 1. The average molecular weight is 241 g/mol. The van der Waals surface area contributed by atoms with Crippen LogP contribution in [0, 0.1) is 6.92 Å². The fraction of sp³-hybridized carbons (Fsp3) is 0.267. The molecular formula is C15H19N3. The smallest absolute Gasteiger partial charge is 0.0600 e. The Morgan fingerprint density at radius 2 is 1.94 bits per heavy atom. The predicted octanol–water partition coefficient (Wildman–Crippen LogP) is 2.49. The average Bonchev–Trinajstić information content (AvgIpc) is 2.39. The van der Waals surface area contributed by atoms with E-state index < -0.39 is 0 Å². The molecule has 0 bridgehead atoms. The predicted molar refractivity (Wildman–Crippen MR) is 75.4 cm³/mol. The molecule has 2 rings (SSSR count). The number of pyridine rings is 1. The van der Waals surface area contributed by atoms with Crippen molar-refractivity contribution in [1.82, 2.24) is 4.98 Å². The van der Waals surface area contributed by atoms with E-state index in [0.717, 1.165) is 23.5 Å². The first kappa shape index (κ1) is 12.6. The molecule has 0 amide bonds. The van der Waals surface area contributed by atoms with Gasteiger partial charge in [0.1, 0.15) is 0 Å². The molecule has 3 nitrogen and oxygen atoms in total. The molecule has 0 spiro atoms. The van der Waals surface area contributed by atoms with Crippen LogP contribution in [0.1, 0.15) is 17.0 Å². The van der Waals surface area contributed by atoms with Crippen molar-refractivity contribution in [3.8, 4) is 0 Å². The van der Waals surface area contributed by atoms with Crippen LogP contribution in [-0.2, 0) is 13.1 Å². The zero-order valence-electron chi connectivity index (χ0n) is 10.9. The Hall–Kier alpha value is -1.87. The monoisotopic (exact) mass is 241 g/mol. The molecule has 0 saturated heterocycles. The van der Waals surface area contributed by atoms with Crippen molar-refractivity contribution in [2.24, 2.45) is 5.73 Å². The quantitative estimate of drug-likeness (QED) is 0.894. The summed E-state index contributed by atoms with van der Waals surface area (Å²) in [6, 6.07) is 14.4. The number of hydrogen-bond acceptors (Lipinski definition) is 3. The van der Waals surface area contributed by atoms with Gasteiger partial charge in [0.15, 0.2) is 0 Å². The number of nitrogens with two attached hydrogens (primary N) is 1. The summed E-state index contributed by atoms with van der Waals surface area (Å²) in [5.41, 5.74) is 10.1. The topological polar surface area (TPSA) is 42.1 Å². The number of hydrogen-bond donors (Lipinski definition) is 1. The molecule has 3 heteroatoms. The standard InChI is InChI=1S/C15H19N3/c1-12-5-3-7-14(17-12)11-18(2)15-8-4-6-13(9-15)10-16/h3-9H,10-11,16H2,1-2H3. The number of anilines is 1. The van der Waals surface area contributed by atoms with Crippen molar-refractivity contribution >= 4 is 5.69 Å². The van der Waals surface area contributed by atoms with Crippen LogP contribution in [0.2, 0.25) is 0 Å². The minimum absolute atomic E-state index is 0.574. The summed E-state index contributed by atoms with van der Waals surface area (Å²) in [6.45, 7) is 3.39. The maximum Gasteiger partial charge on any atom is 0.0600 e. The van der Waals surface area contributed by atoms with E-state index in [-0.39, 0.29) is 0 Å². The van der Waals surface area contributed by atoms with Crippen LogP contribution in [-0.4, -0.2) is 12.0 Å². The molecular weight excluding hydrogens is 222 g/mol. The van der Waals surface area contributed by atoms with E-state index in [0.29, 0.717) is 6.54 Å². The minimum atomic E-state index is 0.574. The SMILES string of the molecule is Cc1cccc(CN(C)c2cccc(CN)c2)n1. The Labute approximate surface area is 108 Å². The van der Waals surface area contributed by atoms with Crippen LogP contribution in [0.4, 0.5) is 5.69 Å². The second-order valence-electron chi connectivity index (χ2n) is 4.50. The lowest BCUT2D eigenvalue weighted by atomic mass is 10.2. The van der Waals surface area contributed by atoms with Crippen molar-refractivity contribution < 1.29 is 0 Å². The molecule has 0 aliphatic heterocycles. The van der Waals surface area contributed by atoms with Gasteiger partial charge in [-0.15, -0.1) is 0 Å². The van der Waals surface area contributed by atoms with Gasteiger partial charge < -0.3 is 10.6 Å². The summed E-state index contributed by atoms with van der Waals surface area (Å²) in [7, 11) is 2.07. The van der Waals surface area contributed by atoms with Gasteiger partial charge in [-0.2, -0.15) is 0 Å². The Balaban J connectivity index is 2.13. The molecule has 0 fully saturated rings. The lowest BCUT2D eigenvalue weighted by Crippen LogP contribution is -2.17. The normalized spacial score (nSPS) is 10.4. The molecule has 0 radical (unpaired) electrons. The van der Waals surface area contributed by atoms with Crippen LogP contribution < -0.4 is 10.6 Å². The molecule has 94 valence electrons. The largest absolute Gasteiger partial charge is 0.369 e. The molecule has 18 heavy (non-hydrogen) atoms. The van der Waals surface area contributed by atoms with Crippen molar-refractivity contribution in [3.05, 3.63) is 59.4 Å². The highest BCUT2D eigenvalue weighted by Gasteiger charge is 2.03. The van der Waals surface area contributed by atoms with Crippen LogP contribution in [0.3, 0.4) is 0 Å². The zero-order valence-corrected chi connectivity index (χ0v) is 10.9. The highest BCUT2D eigenvalue weighted by atomic mass is 15.1. The van der Waals surface area contributed by atoms with Crippen LogP contribution in [0.5, 0.6) is 0 Å². The van der Waals surface area contributed by atoms with E-state index in [1.165, 1.54) is 5.69 Å². The highest BCUT2D eigenvalue weighted by molar-refractivity contribution is 5.48. The third kappa shape index (κ3) is 3.08. The van der Waals surface area contributed by atoms with Crippen LogP contribution in [0.15, 0.2) is 42.5 Å². The third-order valence-electron chi connectivity index (χ3n) is 2.93. The molecule has 1 heterocycles. The summed E-state index contributed by atoms with van der Waals surface area (Å²) in [6.07, 6.45) is 0. The molecule has 0 aliphatic carbocycles. The zero-order chi connectivity index (χ0) is 13.0. The van der Waals surface area contributed by atoms with Crippen LogP contribution >= 0.6 is 0 Å². The number of nitrogens with zero attached hydrogens (tertiary/aromatic N) is 2. The first-order valence-electron chi connectivity index (χ1n) is 6.12. The van der Waals surface area contributed by atoms with Crippen molar-refractivity contribution in [3.63, 3.8) is 0 Å². The number of benzene rings is 1. The number of aryl methyl sites for hydroxylation is 1. The van der Waals surface area contributed by atoms with Gasteiger partial charge >= 0.3 is 0 Å². The van der Waals surface area contributed by atoms with Gasteiger partial charge in [-0.05, 0) is 36.8 Å². The van der Waals surface area contributed by atoms with E-state index in [2.05, 4.69) is 35.1 Å². The molecule has 0 saturated carbocycles. The lowest BCUT2D eigenvalue weighted by Gasteiger charge is -2.19. The van der Waals surface area contributed by atoms with E-state index in [4.69, 9.17) is 5.73 Å². The second kappa shape index (κ2) is 5.65. The summed E-state index contributed by atoms with van der Waals surface area (Å²) in [4.78, 5) is 6.70. The van der Waals surface area contributed by atoms with Gasteiger partial charge in [-0.3, -0.25) is 4.98 Å². The van der Waals surface area contributed by atoms with Gasteiger partial charge in [0.25, 0.3) is 0 Å². The molecule has 1 aromatic carbocycles. The number of rotatable bonds is 4. The summed E-state index contributed by atoms with van der Waals surface area (Å²) >= 11 is 0. The first-order valence-corrected chi connectivity index (χ1v) is 6.12. The Morgan fingerprint density at radius 1 is 1.17 bits per heavy atom. The van der Waals surface area contributed by atoms with Gasteiger partial charge in [0, 0.05) is 25.0 Å². The van der Waals surface area contributed by atoms with Crippen molar-refractivity contribution in [2.75, 3.05) is 11.9 Å². The lowest BCUT2D eigenvalue weighted by molar-refractivity contribution is 0.875.